The molecule has 1 fully saturated rings. The summed E-state index contributed by atoms with van der Waals surface area (Å²) < 4.78 is 0. The molecule has 0 aromatic carbocycles. The van der Waals surface area contributed by atoms with Gasteiger partial charge in [0.1, 0.15) is 6.23 Å². The van der Waals surface area contributed by atoms with Crippen molar-refractivity contribution in [3.63, 3.8) is 0 Å². The van der Waals surface area contributed by atoms with Gasteiger partial charge in [-0.2, -0.15) is 0 Å². The van der Waals surface area contributed by atoms with Gasteiger partial charge in [0.25, 0.3) is 0 Å². The van der Waals surface area contributed by atoms with Crippen LogP contribution < -0.4 is 10.6 Å². The van der Waals surface area contributed by atoms with Gasteiger partial charge in [-0.25, -0.2) is 0 Å². The molecule has 11 heavy (non-hydrogen) atoms. The van der Waals surface area contributed by atoms with Crippen molar-refractivity contribution in [3.8, 4) is 0 Å². The van der Waals surface area contributed by atoms with Crippen LogP contribution in [0.4, 0.5) is 0 Å². The summed E-state index contributed by atoms with van der Waals surface area (Å²) >= 11 is 0. The molecule has 3 N–H and O–H groups in total. The van der Waals surface area contributed by atoms with Crippen molar-refractivity contribution in [2.24, 2.45) is 0 Å². The van der Waals surface area contributed by atoms with Gasteiger partial charge in [0.15, 0.2) is 0 Å². The minimum absolute atomic E-state index is 0.200. The first-order valence-electron chi connectivity index (χ1n) is 3.96. The Bertz CT molecular complexity index is 121. The van der Waals surface area contributed by atoms with Crippen LogP contribution in [0, 0.1) is 6.54 Å². The average Bonchev–Trinajstić information content (AvgIpc) is 2.52. The lowest BCUT2D eigenvalue weighted by atomic mass is 10.2. The number of hydrogen-bond acceptors (Lipinski definition) is 3. The topological polar surface area (TPSA) is 44.3 Å². The van der Waals surface area contributed by atoms with E-state index >= 15 is 0 Å². The molecule has 3 heteroatoms. The molecule has 2 atom stereocenters. The van der Waals surface area contributed by atoms with E-state index in [0.29, 0.717) is 0 Å². The Labute approximate surface area is 67.5 Å². The highest BCUT2D eigenvalue weighted by Crippen LogP contribution is 2.07. The molecule has 63 valence electrons. The summed E-state index contributed by atoms with van der Waals surface area (Å²) in [7, 11) is 0. The maximum Gasteiger partial charge on any atom is 0.120 e. The van der Waals surface area contributed by atoms with Crippen LogP contribution in [-0.2, 0) is 0 Å². The summed E-state index contributed by atoms with van der Waals surface area (Å²) in [5, 5.41) is 15.5. The molecule has 1 rings (SSSR count). The van der Waals surface area contributed by atoms with Crippen LogP contribution in [-0.4, -0.2) is 23.9 Å². The Morgan fingerprint density at radius 1 is 1.73 bits per heavy atom. The van der Waals surface area contributed by atoms with E-state index in [4.69, 9.17) is 0 Å². The SMILES string of the molecule is C=C[CH]NC(O)[C@@H]1CCCN1. The number of nitrogens with one attached hydrogen (secondary N) is 2. The van der Waals surface area contributed by atoms with Crippen molar-refractivity contribution in [2.45, 2.75) is 25.1 Å². The highest BCUT2D eigenvalue weighted by atomic mass is 16.3. The van der Waals surface area contributed by atoms with Crippen LogP contribution in [0.1, 0.15) is 12.8 Å². The first kappa shape index (κ1) is 8.71. The van der Waals surface area contributed by atoms with Gasteiger partial charge in [-0.15, -0.1) is 6.58 Å². The molecule has 0 saturated carbocycles. The van der Waals surface area contributed by atoms with E-state index in [1.54, 1.807) is 12.6 Å². The van der Waals surface area contributed by atoms with Gasteiger partial charge in [0.05, 0.1) is 0 Å². The predicted molar refractivity (Wildman–Crippen MR) is 44.7 cm³/mol. The molecular formula is C8H15N2O. The molecule has 1 aliphatic rings. The van der Waals surface area contributed by atoms with E-state index in [2.05, 4.69) is 17.2 Å². The molecule has 0 aromatic heterocycles. The highest BCUT2D eigenvalue weighted by molar-refractivity contribution is 4.88. The summed E-state index contributed by atoms with van der Waals surface area (Å²) in [6.45, 7) is 6.18. The Hall–Kier alpha value is -0.380. The third kappa shape index (κ3) is 2.61. The molecule has 0 spiro atoms. The molecule has 1 radical (unpaired) electrons. The molecule has 0 amide bonds. The summed E-state index contributed by atoms with van der Waals surface area (Å²) in [4.78, 5) is 0. The van der Waals surface area contributed by atoms with E-state index in [9.17, 15) is 5.11 Å². The van der Waals surface area contributed by atoms with Gasteiger partial charge in [0.2, 0.25) is 0 Å². The van der Waals surface area contributed by atoms with Crippen molar-refractivity contribution in [1.29, 1.82) is 0 Å². The molecule has 1 unspecified atom stereocenters. The van der Waals surface area contributed by atoms with Crippen molar-refractivity contribution in [2.75, 3.05) is 6.54 Å². The fraction of sp³-hybridized carbons (Fsp3) is 0.625. The molecule has 0 aliphatic carbocycles. The first-order chi connectivity index (χ1) is 5.34. The molecule has 1 heterocycles. The standard InChI is InChI=1S/C8H15N2O/c1-2-5-10-8(11)7-4-3-6-9-7/h2,5,7-11H,1,3-4,6H2/t7-,8?/m0/s1. The van der Waals surface area contributed by atoms with E-state index in [-0.39, 0.29) is 6.04 Å². The normalized spacial score (nSPS) is 26.8. The fourth-order valence-corrected chi connectivity index (χ4v) is 1.26. The Morgan fingerprint density at radius 2 is 2.55 bits per heavy atom. The van der Waals surface area contributed by atoms with Crippen LogP contribution in [0.3, 0.4) is 0 Å². The largest absolute Gasteiger partial charge is 0.377 e. The molecule has 0 aromatic rings. The Morgan fingerprint density at radius 3 is 3.09 bits per heavy atom. The van der Waals surface area contributed by atoms with Crippen molar-refractivity contribution in [3.05, 3.63) is 19.2 Å². The predicted octanol–water partition coefficient (Wildman–Crippen LogP) is -0.00581. The zero-order valence-corrected chi connectivity index (χ0v) is 6.59. The number of hydrogen-bond donors (Lipinski definition) is 3. The second kappa shape index (κ2) is 4.49. The monoisotopic (exact) mass is 155 g/mol. The fourth-order valence-electron chi connectivity index (χ4n) is 1.26. The van der Waals surface area contributed by atoms with Gasteiger partial charge in [0, 0.05) is 12.6 Å². The number of aliphatic hydroxyl groups is 1. The molecule has 1 saturated heterocycles. The van der Waals surface area contributed by atoms with Gasteiger partial charge >= 0.3 is 0 Å². The smallest absolute Gasteiger partial charge is 0.120 e. The third-order valence-corrected chi connectivity index (χ3v) is 1.86. The summed E-state index contributed by atoms with van der Waals surface area (Å²) in [5.74, 6) is 0. The van der Waals surface area contributed by atoms with E-state index < -0.39 is 6.23 Å². The van der Waals surface area contributed by atoms with Gasteiger partial charge in [-0.05, 0) is 19.4 Å². The molecule has 0 bridgehead atoms. The second-order valence-electron chi connectivity index (χ2n) is 2.72. The third-order valence-electron chi connectivity index (χ3n) is 1.86. The zero-order chi connectivity index (χ0) is 8.10. The lowest BCUT2D eigenvalue weighted by Crippen LogP contribution is -2.43. The molecular weight excluding hydrogens is 140 g/mol. The highest BCUT2D eigenvalue weighted by Gasteiger charge is 2.21. The van der Waals surface area contributed by atoms with Crippen molar-refractivity contribution in [1.82, 2.24) is 10.6 Å². The van der Waals surface area contributed by atoms with Crippen LogP contribution in [0.25, 0.3) is 0 Å². The second-order valence-corrected chi connectivity index (χ2v) is 2.72. The quantitative estimate of drug-likeness (QED) is 0.500. The van der Waals surface area contributed by atoms with E-state index in [1.165, 1.54) is 0 Å². The Balaban J connectivity index is 2.16. The van der Waals surface area contributed by atoms with Crippen molar-refractivity contribution >= 4 is 0 Å². The van der Waals surface area contributed by atoms with Crippen LogP contribution in [0.15, 0.2) is 12.7 Å². The van der Waals surface area contributed by atoms with E-state index in [0.717, 1.165) is 19.4 Å². The maximum atomic E-state index is 9.43. The lowest BCUT2D eigenvalue weighted by Gasteiger charge is -2.18. The maximum absolute atomic E-state index is 9.43. The van der Waals surface area contributed by atoms with Crippen LogP contribution >= 0.6 is 0 Å². The number of aliphatic hydroxyl groups excluding tert-OH is 1. The first-order valence-corrected chi connectivity index (χ1v) is 3.96. The van der Waals surface area contributed by atoms with Crippen molar-refractivity contribution < 1.29 is 5.11 Å². The van der Waals surface area contributed by atoms with Crippen LogP contribution in [0.5, 0.6) is 0 Å². The average molecular weight is 155 g/mol. The zero-order valence-electron chi connectivity index (χ0n) is 6.59. The summed E-state index contributed by atoms with van der Waals surface area (Å²) in [6, 6.07) is 0.200. The lowest BCUT2D eigenvalue weighted by molar-refractivity contribution is 0.112. The van der Waals surface area contributed by atoms with E-state index in [1.807, 2.05) is 0 Å². The number of rotatable bonds is 4. The summed E-state index contributed by atoms with van der Waals surface area (Å²) in [6.07, 6.45) is 3.34. The Kier molecular flexibility index (Phi) is 3.56. The molecule has 1 aliphatic heterocycles. The van der Waals surface area contributed by atoms with Gasteiger partial charge in [-0.1, -0.05) is 6.08 Å². The van der Waals surface area contributed by atoms with Crippen LogP contribution in [0.2, 0.25) is 0 Å². The summed E-state index contributed by atoms with van der Waals surface area (Å²) in [5.41, 5.74) is 0. The van der Waals surface area contributed by atoms with Gasteiger partial charge in [-0.3, -0.25) is 5.32 Å². The molecule has 3 nitrogen and oxygen atoms in total. The van der Waals surface area contributed by atoms with Gasteiger partial charge < -0.3 is 10.4 Å². The minimum Gasteiger partial charge on any atom is -0.377 e. The minimum atomic E-state index is -0.476.